The highest BCUT2D eigenvalue weighted by Crippen LogP contribution is 2.48. The summed E-state index contributed by atoms with van der Waals surface area (Å²) < 4.78 is 290. The van der Waals surface area contributed by atoms with Gasteiger partial charge in [0.15, 0.2) is 19.7 Å². The minimum Gasteiger partial charge on any atom is -0.481 e. The Bertz CT molecular complexity index is 3600. The SMILES string of the molecule is [2H]c1c([2H])c([2H])c(C(=O)N(C([2H])([2H])c2cc(C)cc(-c3cc(C)cc(-c4cc(C)cc(C([2H])([2H])N(C(=O)c5c([2H])c([2H])c([2H])c([2H])c5[2H])C([2H])([2H])C([2H])([2H])[2H])c4OC([2H])([2H])C(=O)OC)c3OC([2H])([2H])C(=O)OC)c2OC([2H])([2H])C(=O)OC)C([2H])([2H])C([2H])([2H])[2H])c([2H])c1[2H]. The van der Waals surface area contributed by atoms with Gasteiger partial charge < -0.3 is 38.2 Å². The van der Waals surface area contributed by atoms with Gasteiger partial charge in [0.05, 0.1) is 48.7 Å². The standard InChI is InChI=1S/C50H54N2O11/c1-9-51(49(56)35-17-13-11-14-18-35)27-37-21-32(3)23-39(46(37)61-29-43(53)58-6)41-25-34(5)26-42(48(41)63-31-45(55)60-8)40-24-33(4)22-38(47(40)62-30-44(54)59-7)28-52(10-2)50(57)36-19-15-12-16-20-36/h11-26H,9-10,27-31H2,1-8H3/i1D3,2D3,9D2,10D2,11D,12D,13D,14D,15D,16D,17D,18D,19D,20D,27D2,28D2,29D2,30D2,31D2. The molecule has 0 N–H and O–H groups in total. The molecule has 0 aromatic heterocycles. The average Bonchev–Trinajstić information content (AvgIpc) is 0.728. The lowest BCUT2D eigenvalue weighted by atomic mass is 9.90. The Labute approximate surface area is 410 Å². The van der Waals surface area contributed by atoms with Crippen LogP contribution >= 0.6 is 0 Å². The first-order chi connectivity index (χ1) is 42.0. The van der Waals surface area contributed by atoms with Crippen molar-refractivity contribution in [3.8, 4) is 39.5 Å². The topological polar surface area (TPSA) is 147 Å². The van der Waals surface area contributed by atoms with E-state index in [2.05, 4.69) is 14.2 Å². The Balaban J connectivity index is 2.18. The van der Waals surface area contributed by atoms with Gasteiger partial charge in [-0.1, -0.05) is 48.4 Å². The van der Waals surface area contributed by atoms with Crippen molar-refractivity contribution in [2.24, 2.45) is 0 Å². The number of methoxy groups -OCH3 is 3. The van der Waals surface area contributed by atoms with Gasteiger partial charge in [-0.05, 0) is 99.6 Å². The smallest absolute Gasteiger partial charge is 0.343 e. The third-order valence-electron chi connectivity index (χ3n) is 8.07. The first kappa shape index (κ1) is 20.8. The number of hydrogen-bond donors (Lipinski definition) is 0. The summed E-state index contributed by atoms with van der Waals surface area (Å²) >= 11 is 0. The van der Waals surface area contributed by atoms with Crippen LogP contribution < -0.4 is 14.2 Å². The maximum absolute atomic E-state index is 14.9. The summed E-state index contributed by atoms with van der Waals surface area (Å²) in [5.74, 6) is -14.6. The number of rotatable bonds is 19. The summed E-state index contributed by atoms with van der Waals surface area (Å²) in [4.78, 5) is 68.5. The molecule has 13 nitrogen and oxygen atoms in total. The number of carbonyl (C=O) groups excluding carboxylic acids is 5. The van der Waals surface area contributed by atoms with E-state index in [1.807, 2.05) is 0 Å². The highest BCUT2D eigenvalue weighted by Gasteiger charge is 2.27. The van der Waals surface area contributed by atoms with E-state index >= 15 is 0 Å². The molecule has 0 aliphatic carbocycles. The van der Waals surface area contributed by atoms with E-state index in [1.54, 1.807) is 0 Å². The maximum atomic E-state index is 14.9. The van der Waals surface area contributed by atoms with Gasteiger partial charge in [0.1, 0.15) is 17.2 Å². The van der Waals surface area contributed by atoms with Crippen LogP contribution in [-0.4, -0.2) is 93.5 Å². The third kappa shape index (κ3) is 11.8. The molecule has 330 valence electrons. The monoisotopic (exact) mass is 889 g/mol. The minimum absolute atomic E-state index is 0.222. The molecule has 5 aromatic carbocycles. The van der Waals surface area contributed by atoms with E-state index in [0.717, 1.165) is 38.1 Å². The molecule has 0 aliphatic heterocycles. The number of carbonyl (C=O) groups is 5. The van der Waals surface area contributed by atoms with Crippen LogP contribution in [0.2, 0.25) is 0 Å². The fourth-order valence-corrected chi connectivity index (χ4v) is 5.46. The Morgan fingerprint density at radius 2 is 0.825 bits per heavy atom. The van der Waals surface area contributed by atoms with Crippen molar-refractivity contribution in [1.82, 2.24) is 9.80 Å². The van der Waals surface area contributed by atoms with Crippen molar-refractivity contribution < 1.29 is 93.5 Å². The molecule has 0 unspecified atom stereocenters. The zero-order valence-electron chi connectivity index (χ0n) is 63.8. The van der Waals surface area contributed by atoms with Gasteiger partial charge in [0, 0.05) is 84.2 Å². The molecule has 0 aliphatic rings. The van der Waals surface area contributed by atoms with Crippen LogP contribution in [0.3, 0.4) is 0 Å². The number of hydrogen-bond acceptors (Lipinski definition) is 11. The Kier molecular flexibility index (Phi) is 7.30. The average molecular weight is 889 g/mol. The molecule has 13 heteroatoms. The van der Waals surface area contributed by atoms with Crippen LogP contribution in [-0.2, 0) is 41.6 Å². The zero-order chi connectivity index (χ0) is 71.9. The highest BCUT2D eigenvalue weighted by atomic mass is 16.6. The van der Waals surface area contributed by atoms with Gasteiger partial charge in [-0.25, -0.2) is 14.4 Å². The van der Waals surface area contributed by atoms with E-state index in [-0.39, 0.29) is 16.7 Å². The molecule has 0 fully saturated rings. The Morgan fingerprint density at radius 1 is 0.508 bits per heavy atom. The van der Waals surface area contributed by atoms with E-state index in [1.165, 1.54) is 6.92 Å². The molecule has 0 bridgehead atoms. The van der Waals surface area contributed by atoms with Gasteiger partial charge in [-0.3, -0.25) is 9.59 Å². The van der Waals surface area contributed by atoms with Crippen LogP contribution in [0.15, 0.2) is 96.8 Å². The van der Waals surface area contributed by atoms with Crippen molar-refractivity contribution in [3.63, 3.8) is 0 Å². The molecular weight excluding hydrogens is 805 g/mol. The van der Waals surface area contributed by atoms with E-state index in [9.17, 15) is 29.5 Å². The Morgan fingerprint density at radius 3 is 1.16 bits per heavy atom. The van der Waals surface area contributed by atoms with Crippen LogP contribution in [0.25, 0.3) is 22.3 Å². The lowest BCUT2D eigenvalue weighted by Crippen LogP contribution is -2.30. The van der Waals surface area contributed by atoms with Gasteiger partial charge in [-0.2, -0.15) is 0 Å². The van der Waals surface area contributed by atoms with Crippen LogP contribution in [0, 0.1) is 20.8 Å². The number of esters is 3. The van der Waals surface area contributed by atoms with Crippen LogP contribution in [0.4, 0.5) is 0 Å². The molecule has 0 saturated carbocycles. The van der Waals surface area contributed by atoms with E-state index in [4.69, 9.17) is 49.9 Å². The third-order valence-corrected chi connectivity index (χ3v) is 8.07. The molecular formula is C50H54N2O11. The quantitative estimate of drug-likeness (QED) is 0.0589. The largest absolute Gasteiger partial charge is 0.481 e. The molecule has 0 radical (unpaired) electrons. The second-order valence-electron chi connectivity index (χ2n) is 12.4. The van der Waals surface area contributed by atoms with Crippen LogP contribution in [0.5, 0.6) is 17.2 Å². The lowest BCUT2D eigenvalue weighted by Gasteiger charge is -2.26. The molecule has 5 rings (SSSR count). The number of nitrogens with zero attached hydrogens (tertiary/aromatic N) is 2. The highest BCUT2D eigenvalue weighted by molar-refractivity contribution is 5.95. The molecule has 0 heterocycles. The number of ether oxygens (including phenoxy) is 6. The molecule has 63 heavy (non-hydrogen) atoms. The normalized spacial score (nSPS) is 19.6. The van der Waals surface area contributed by atoms with Crippen LogP contribution in [0.1, 0.15) is 103 Å². The van der Waals surface area contributed by atoms with Gasteiger partial charge in [-0.15, -0.1) is 0 Å². The van der Waals surface area contributed by atoms with Crippen molar-refractivity contribution >= 4 is 29.7 Å². The second kappa shape index (κ2) is 22.1. The maximum Gasteiger partial charge on any atom is 0.343 e. The van der Waals surface area contributed by atoms with Crippen molar-refractivity contribution in [3.05, 3.63) is 136 Å². The van der Waals surface area contributed by atoms with Crippen molar-refractivity contribution in [1.29, 1.82) is 0 Å². The van der Waals surface area contributed by atoms with Crippen molar-refractivity contribution in [2.45, 2.75) is 47.5 Å². The number of benzene rings is 5. The summed E-state index contributed by atoms with van der Waals surface area (Å²) in [5, 5.41) is 0. The predicted octanol–water partition coefficient (Wildman–Crippen LogP) is 7.93. The number of amides is 2. The van der Waals surface area contributed by atoms with Gasteiger partial charge in [0.2, 0.25) is 0 Å². The summed E-state index contributed by atoms with van der Waals surface area (Å²) in [6.45, 7) is -34.1. The Hall–Kier alpha value is -7.15. The summed E-state index contributed by atoms with van der Waals surface area (Å²) in [6.07, 6.45) is 0. The molecule has 0 saturated heterocycles. The second-order valence-corrected chi connectivity index (χ2v) is 12.4. The molecule has 5 aromatic rings. The first-order valence-corrected chi connectivity index (χ1v) is 17.6. The first-order valence-electron chi connectivity index (χ1n) is 32.6. The van der Waals surface area contributed by atoms with E-state index in [0.29, 0.717) is 33.5 Å². The fourth-order valence-electron chi connectivity index (χ4n) is 5.46. The van der Waals surface area contributed by atoms with Gasteiger partial charge >= 0.3 is 17.9 Å². The summed E-state index contributed by atoms with van der Waals surface area (Å²) in [5.41, 5.74) is -10.5. The number of aryl methyl sites for hydroxylation is 3. The predicted molar refractivity (Wildman–Crippen MR) is 238 cm³/mol. The summed E-state index contributed by atoms with van der Waals surface area (Å²) in [7, 11) is 1.90. The fraction of sp³-hybridized carbons (Fsp3) is 0.300. The minimum atomic E-state index is -4.39. The molecule has 0 atom stereocenters. The molecule has 0 spiro atoms. The lowest BCUT2D eigenvalue weighted by molar-refractivity contribution is -0.143. The summed E-state index contributed by atoms with van der Waals surface area (Å²) in [6, 6.07) is -8.13. The van der Waals surface area contributed by atoms with E-state index < -0.39 is 221 Å². The zero-order valence-corrected chi connectivity index (χ0v) is 33.8. The van der Waals surface area contributed by atoms with Gasteiger partial charge in [0.25, 0.3) is 11.8 Å². The molecule has 2 amide bonds. The van der Waals surface area contributed by atoms with Crippen molar-refractivity contribution in [2.75, 3.05) is 54.0 Å².